The second kappa shape index (κ2) is 7.74. The predicted octanol–water partition coefficient (Wildman–Crippen LogP) is 3.19. The molecule has 9 nitrogen and oxygen atoms in total. The lowest BCUT2D eigenvalue weighted by Crippen LogP contribution is -2.61. The summed E-state index contributed by atoms with van der Waals surface area (Å²) in [6, 6.07) is 5.92. The molecule has 0 bridgehead atoms. The summed E-state index contributed by atoms with van der Waals surface area (Å²) in [6.45, 7) is 8.99. The lowest BCUT2D eigenvalue weighted by molar-refractivity contribution is -0.134. The minimum atomic E-state index is -0.527. The van der Waals surface area contributed by atoms with Crippen LogP contribution in [-0.4, -0.2) is 59.6 Å². The van der Waals surface area contributed by atoms with E-state index in [1.807, 2.05) is 43.9 Å². The topological polar surface area (TPSA) is 105 Å². The molecule has 3 fully saturated rings. The molecule has 1 aromatic heterocycles. The number of rotatable bonds is 2. The first-order chi connectivity index (χ1) is 15.6. The van der Waals surface area contributed by atoms with Gasteiger partial charge in [0.15, 0.2) is 5.58 Å². The summed E-state index contributed by atoms with van der Waals surface area (Å²) < 4.78 is 11.4. The van der Waals surface area contributed by atoms with Crippen LogP contribution in [0.5, 0.6) is 0 Å². The molecule has 1 aromatic carbocycles. The number of hydrogen-bond acceptors (Lipinski definition) is 7. The van der Waals surface area contributed by atoms with Crippen LogP contribution in [0.25, 0.3) is 11.1 Å². The fourth-order valence-corrected chi connectivity index (χ4v) is 4.96. The van der Waals surface area contributed by atoms with Crippen LogP contribution in [0.2, 0.25) is 0 Å². The number of likely N-dealkylation sites (tertiary alicyclic amines) is 1. The molecular formula is C24H30N4O5. The number of anilines is 1. The van der Waals surface area contributed by atoms with Gasteiger partial charge in [0.25, 0.3) is 0 Å². The van der Waals surface area contributed by atoms with Crippen LogP contribution in [0.15, 0.2) is 22.6 Å². The zero-order chi connectivity index (χ0) is 23.4. The van der Waals surface area contributed by atoms with E-state index in [1.54, 1.807) is 0 Å². The van der Waals surface area contributed by atoms with Gasteiger partial charge in [-0.15, -0.1) is 0 Å². The highest BCUT2D eigenvalue weighted by molar-refractivity contribution is 6.00. The Morgan fingerprint density at radius 3 is 2.61 bits per heavy atom. The maximum absolute atomic E-state index is 12.3. The molecule has 33 heavy (non-hydrogen) atoms. The smallest absolute Gasteiger partial charge is 0.410 e. The highest BCUT2D eigenvalue weighted by Gasteiger charge is 2.46. The zero-order valence-electron chi connectivity index (χ0n) is 19.3. The molecule has 5 rings (SSSR count). The third-order valence-electron chi connectivity index (χ3n) is 6.82. The van der Waals surface area contributed by atoms with Gasteiger partial charge in [0, 0.05) is 49.8 Å². The standard InChI is InChI=1S/C24H30N4O5/c1-23(2,3)33-22(31)27-10-8-24(9-11-27)13-28(14-24)15-4-6-17-18(12-15)32-21(25-17)16-5-7-19(29)26-20(16)30/h4,6,12,16H,5,7-11,13-14H2,1-3H3,(H,26,29,30). The lowest BCUT2D eigenvalue weighted by Gasteiger charge is -2.54. The fraction of sp³-hybridized carbons (Fsp3) is 0.583. The Labute approximate surface area is 192 Å². The van der Waals surface area contributed by atoms with Crippen molar-refractivity contribution in [2.75, 3.05) is 31.1 Å². The SMILES string of the molecule is CC(C)(C)OC(=O)N1CCC2(CC1)CN(c1ccc3nc(C4CCC(=O)NC4=O)oc3c1)C2. The van der Waals surface area contributed by atoms with E-state index in [-0.39, 0.29) is 23.3 Å². The van der Waals surface area contributed by atoms with Gasteiger partial charge in [-0.05, 0) is 52.2 Å². The number of benzene rings is 1. The first kappa shape index (κ1) is 21.7. The van der Waals surface area contributed by atoms with Gasteiger partial charge < -0.3 is 19.0 Å². The van der Waals surface area contributed by atoms with Gasteiger partial charge in [0.2, 0.25) is 17.7 Å². The monoisotopic (exact) mass is 454 g/mol. The zero-order valence-corrected chi connectivity index (χ0v) is 19.3. The highest BCUT2D eigenvalue weighted by Crippen LogP contribution is 2.43. The van der Waals surface area contributed by atoms with Crippen molar-refractivity contribution in [3.05, 3.63) is 24.1 Å². The molecule has 3 saturated heterocycles. The molecule has 0 saturated carbocycles. The molecule has 9 heteroatoms. The lowest BCUT2D eigenvalue weighted by atomic mass is 9.72. The number of imide groups is 1. The third kappa shape index (κ3) is 4.28. The number of ether oxygens (including phenoxy) is 1. The molecule has 4 heterocycles. The Balaban J connectivity index is 1.21. The van der Waals surface area contributed by atoms with Gasteiger partial charge >= 0.3 is 6.09 Å². The Kier molecular flexibility index (Phi) is 5.10. The molecule has 1 spiro atoms. The van der Waals surface area contributed by atoms with E-state index in [0.29, 0.717) is 29.8 Å². The Morgan fingerprint density at radius 1 is 1.21 bits per heavy atom. The molecule has 3 amide bonds. The van der Waals surface area contributed by atoms with Crippen LogP contribution in [0.4, 0.5) is 10.5 Å². The van der Waals surface area contributed by atoms with Crippen molar-refractivity contribution < 1.29 is 23.5 Å². The Morgan fingerprint density at radius 2 is 1.94 bits per heavy atom. The number of carbonyl (C=O) groups is 3. The average molecular weight is 455 g/mol. The summed E-state index contributed by atoms with van der Waals surface area (Å²) >= 11 is 0. The van der Waals surface area contributed by atoms with E-state index in [0.717, 1.165) is 44.7 Å². The minimum Gasteiger partial charge on any atom is -0.444 e. The normalized spacial score (nSPS) is 22.9. The second-order valence-corrected chi connectivity index (χ2v) is 10.5. The van der Waals surface area contributed by atoms with Crippen LogP contribution in [-0.2, 0) is 14.3 Å². The summed E-state index contributed by atoms with van der Waals surface area (Å²) in [5.74, 6) is -0.763. The summed E-state index contributed by atoms with van der Waals surface area (Å²) in [6.07, 6.45) is 2.41. The summed E-state index contributed by atoms with van der Waals surface area (Å²) in [5, 5.41) is 2.36. The van der Waals surface area contributed by atoms with Gasteiger partial charge in [0.1, 0.15) is 17.0 Å². The van der Waals surface area contributed by atoms with Crippen LogP contribution in [0, 0.1) is 5.41 Å². The summed E-state index contributed by atoms with van der Waals surface area (Å²) in [7, 11) is 0. The highest BCUT2D eigenvalue weighted by atomic mass is 16.6. The van der Waals surface area contributed by atoms with Crippen molar-refractivity contribution in [3.8, 4) is 0 Å². The van der Waals surface area contributed by atoms with Crippen molar-refractivity contribution in [2.45, 2.75) is 58.0 Å². The molecular weight excluding hydrogens is 424 g/mol. The van der Waals surface area contributed by atoms with Gasteiger partial charge in [-0.1, -0.05) is 0 Å². The number of oxazole rings is 1. The molecule has 176 valence electrons. The fourth-order valence-electron chi connectivity index (χ4n) is 4.96. The van der Waals surface area contributed by atoms with Gasteiger partial charge in [-0.25, -0.2) is 9.78 Å². The van der Waals surface area contributed by atoms with Crippen molar-refractivity contribution in [2.24, 2.45) is 5.41 Å². The molecule has 0 radical (unpaired) electrons. The number of piperidine rings is 2. The third-order valence-corrected chi connectivity index (χ3v) is 6.82. The summed E-state index contributed by atoms with van der Waals surface area (Å²) in [4.78, 5) is 44.5. The number of nitrogens with zero attached hydrogens (tertiary/aromatic N) is 3. The van der Waals surface area contributed by atoms with Crippen molar-refractivity contribution >= 4 is 34.7 Å². The number of fused-ring (bicyclic) bond motifs is 1. The van der Waals surface area contributed by atoms with E-state index >= 15 is 0 Å². The van der Waals surface area contributed by atoms with E-state index in [1.165, 1.54) is 0 Å². The van der Waals surface area contributed by atoms with E-state index in [2.05, 4.69) is 15.2 Å². The van der Waals surface area contributed by atoms with Crippen LogP contribution in [0.3, 0.4) is 0 Å². The number of hydrogen-bond donors (Lipinski definition) is 1. The largest absolute Gasteiger partial charge is 0.444 e. The van der Waals surface area contributed by atoms with Crippen molar-refractivity contribution in [1.82, 2.24) is 15.2 Å². The van der Waals surface area contributed by atoms with E-state index < -0.39 is 11.5 Å². The molecule has 2 aromatic rings. The maximum Gasteiger partial charge on any atom is 0.410 e. The average Bonchev–Trinajstić information content (AvgIpc) is 3.13. The molecule has 3 aliphatic heterocycles. The number of aromatic nitrogens is 1. The van der Waals surface area contributed by atoms with Crippen molar-refractivity contribution in [1.29, 1.82) is 0 Å². The molecule has 3 aliphatic rings. The van der Waals surface area contributed by atoms with Gasteiger partial charge in [-0.3, -0.25) is 14.9 Å². The van der Waals surface area contributed by atoms with Crippen molar-refractivity contribution in [3.63, 3.8) is 0 Å². The molecule has 1 unspecified atom stereocenters. The molecule has 0 aliphatic carbocycles. The van der Waals surface area contributed by atoms with Crippen LogP contribution >= 0.6 is 0 Å². The number of nitrogens with one attached hydrogen (secondary N) is 1. The number of amides is 3. The molecule has 1 N–H and O–H groups in total. The van der Waals surface area contributed by atoms with Crippen LogP contribution in [0.1, 0.15) is 58.3 Å². The Hall–Kier alpha value is -3.10. The quantitative estimate of drug-likeness (QED) is 0.695. The van der Waals surface area contributed by atoms with Gasteiger partial charge in [0.05, 0.1) is 0 Å². The maximum atomic E-state index is 12.3. The number of carbonyl (C=O) groups excluding carboxylic acids is 3. The first-order valence-electron chi connectivity index (χ1n) is 11.6. The van der Waals surface area contributed by atoms with E-state index in [9.17, 15) is 14.4 Å². The van der Waals surface area contributed by atoms with Crippen LogP contribution < -0.4 is 10.2 Å². The van der Waals surface area contributed by atoms with E-state index in [4.69, 9.17) is 9.15 Å². The van der Waals surface area contributed by atoms with Gasteiger partial charge in [-0.2, -0.15) is 0 Å². The molecule has 1 atom stereocenters. The first-order valence-corrected chi connectivity index (χ1v) is 11.6. The minimum absolute atomic E-state index is 0.226. The Bertz CT molecular complexity index is 1100. The summed E-state index contributed by atoms with van der Waals surface area (Å²) in [5.41, 5.74) is 2.17. The predicted molar refractivity (Wildman–Crippen MR) is 121 cm³/mol. The second-order valence-electron chi connectivity index (χ2n) is 10.5.